The van der Waals surface area contributed by atoms with E-state index in [-0.39, 0.29) is 35.3 Å². The molecule has 0 saturated heterocycles. The SMILES string of the molecule is Cc1cnc(SCCCS(=O)(=O)[O-])nc1C.[Na+]. The molecule has 1 aromatic rings. The fourth-order valence-electron chi connectivity index (χ4n) is 0.975. The molecule has 0 aliphatic rings. The van der Waals surface area contributed by atoms with Crippen LogP contribution in [0.25, 0.3) is 0 Å². The van der Waals surface area contributed by atoms with E-state index in [2.05, 4.69) is 9.97 Å². The summed E-state index contributed by atoms with van der Waals surface area (Å²) in [7, 11) is -4.10. The number of nitrogens with zero attached hydrogens (tertiary/aromatic N) is 2. The monoisotopic (exact) mass is 284 g/mol. The molecule has 0 atom stereocenters. The first-order chi connectivity index (χ1) is 7.38. The van der Waals surface area contributed by atoms with Crippen LogP contribution in [0, 0.1) is 13.8 Å². The van der Waals surface area contributed by atoms with Gasteiger partial charge < -0.3 is 4.55 Å². The third-order valence-corrected chi connectivity index (χ3v) is 3.71. The Morgan fingerprint density at radius 3 is 2.59 bits per heavy atom. The minimum absolute atomic E-state index is 0. The van der Waals surface area contributed by atoms with Crippen molar-refractivity contribution in [2.24, 2.45) is 0 Å². The Kier molecular flexibility index (Phi) is 7.86. The second-order valence-electron chi connectivity index (χ2n) is 3.38. The number of aromatic nitrogens is 2. The molecular formula is C9H13N2NaO3S2. The van der Waals surface area contributed by atoms with Gasteiger partial charge in [0.25, 0.3) is 0 Å². The van der Waals surface area contributed by atoms with Crippen LogP contribution < -0.4 is 29.6 Å². The van der Waals surface area contributed by atoms with E-state index in [0.29, 0.717) is 17.3 Å². The summed E-state index contributed by atoms with van der Waals surface area (Å²) in [5.74, 6) is 0.203. The van der Waals surface area contributed by atoms with Gasteiger partial charge in [0.2, 0.25) is 0 Å². The van der Waals surface area contributed by atoms with Crippen LogP contribution in [-0.4, -0.2) is 34.4 Å². The molecule has 8 heteroatoms. The van der Waals surface area contributed by atoms with Gasteiger partial charge in [0.15, 0.2) is 5.16 Å². The zero-order valence-electron chi connectivity index (χ0n) is 10.1. The molecule has 0 spiro atoms. The van der Waals surface area contributed by atoms with Gasteiger partial charge in [0.05, 0.1) is 10.1 Å². The third-order valence-electron chi connectivity index (χ3n) is 1.97. The van der Waals surface area contributed by atoms with Gasteiger partial charge in [-0.15, -0.1) is 0 Å². The van der Waals surface area contributed by atoms with E-state index < -0.39 is 10.1 Å². The number of rotatable bonds is 5. The topological polar surface area (TPSA) is 83.0 Å². The summed E-state index contributed by atoms with van der Waals surface area (Å²) >= 11 is 1.36. The summed E-state index contributed by atoms with van der Waals surface area (Å²) < 4.78 is 31.0. The van der Waals surface area contributed by atoms with Crippen molar-refractivity contribution in [3.05, 3.63) is 17.5 Å². The Morgan fingerprint density at radius 1 is 1.41 bits per heavy atom. The van der Waals surface area contributed by atoms with Gasteiger partial charge in [-0.1, -0.05) is 11.8 Å². The van der Waals surface area contributed by atoms with E-state index in [1.54, 1.807) is 6.20 Å². The fourth-order valence-corrected chi connectivity index (χ4v) is 2.46. The first-order valence-corrected chi connectivity index (χ1v) is 7.31. The molecule has 0 fully saturated rings. The molecule has 0 N–H and O–H groups in total. The predicted octanol–water partition coefficient (Wildman–Crippen LogP) is -1.88. The fraction of sp³-hybridized carbons (Fsp3) is 0.556. The normalized spacial score (nSPS) is 11.0. The molecule has 0 saturated carbocycles. The van der Waals surface area contributed by atoms with Gasteiger partial charge in [-0.05, 0) is 25.8 Å². The number of hydrogen-bond donors (Lipinski definition) is 0. The Hall–Kier alpha value is 0.340. The van der Waals surface area contributed by atoms with E-state index in [4.69, 9.17) is 0 Å². The maximum atomic E-state index is 10.3. The van der Waals surface area contributed by atoms with E-state index in [9.17, 15) is 13.0 Å². The summed E-state index contributed by atoms with van der Waals surface area (Å²) in [6.07, 6.45) is 2.06. The maximum absolute atomic E-state index is 10.3. The molecule has 5 nitrogen and oxygen atoms in total. The predicted molar refractivity (Wildman–Crippen MR) is 61.4 cm³/mol. The average molecular weight is 284 g/mol. The Morgan fingerprint density at radius 2 is 2.06 bits per heavy atom. The van der Waals surface area contributed by atoms with Crippen molar-refractivity contribution in [1.29, 1.82) is 0 Å². The van der Waals surface area contributed by atoms with Gasteiger partial charge in [-0.2, -0.15) is 0 Å². The van der Waals surface area contributed by atoms with Gasteiger partial charge in [0, 0.05) is 23.4 Å². The molecule has 1 heterocycles. The van der Waals surface area contributed by atoms with Crippen molar-refractivity contribution >= 4 is 21.9 Å². The molecule has 1 rings (SSSR count). The average Bonchev–Trinajstić information content (AvgIpc) is 2.17. The number of aryl methyl sites for hydroxylation is 2. The van der Waals surface area contributed by atoms with Crippen molar-refractivity contribution in [2.45, 2.75) is 25.4 Å². The molecule has 1 aromatic heterocycles. The van der Waals surface area contributed by atoms with Gasteiger partial charge in [-0.3, -0.25) is 0 Å². The van der Waals surface area contributed by atoms with Crippen LogP contribution >= 0.6 is 11.8 Å². The van der Waals surface area contributed by atoms with Crippen molar-refractivity contribution in [3.63, 3.8) is 0 Å². The molecule has 0 aliphatic heterocycles. The smallest absolute Gasteiger partial charge is 0.748 e. The summed E-state index contributed by atoms with van der Waals surface area (Å²) in [6, 6.07) is 0. The minimum Gasteiger partial charge on any atom is -0.748 e. The molecular weight excluding hydrogens is 271 g/mol. The molecule has 0 radical (unpaired) electrons. The van der Waals surface area contributed by atoms with E-state index in [1.807, 2.05) is 13.8 Å². The Bertz CT molecular complexity index is 465. The van der Waals surface area contributed by atoms with Crippen LogP contribution in [0.3, 0.4) is 0 Å². The van der Waals surface area contributed by atoms with Gasteiger partial charge in [0.1, 0.15) is 0 Å². The van der Waals surface area contributed by atoms with E-state index in [1.165, 1.54) is 11.8 Å². The van der Waals surface area contributed by atoms with Crippen LogP contribution in [0.15, 0.2) is 11.4 Å². The van der Waals surface area contributed by atoms with E-state index >= 15 is 0 Å². The summed E-state index contributed by atoms with van der Waals surface area (Å²) in [4.78, 5) is 8.33. The second-order valence-corrected chi connectivity index (χ2v) is 5.97. The number of hydrogen-bond acceptors (Lipinski definition) is 6. The van der Waals surface area contributed by atoms with Crippen LogP contribution in [0.1, 0.15) is 17.7 Å². The quantitative estimate of drug-likeness (QED) is 0.207. The maximum Gasteiger partial charge on any atom is 1.00 e. The van der Waals surface area contributed by atoms with Crippen LogP contribution in [0.2, 0.25) is 0 Å². The molecule has 0 aromatic carbocycles. The first-order valence-electron chi connectivity index (χ1n) is 4.75. The summed E-state index contributed by atoms with van der Waals surface area (Å²) in [5.41, 5.74) is 1.93. The number of thioether (sulfide) groups is 1. The minimum atomic E-state index is -4.10. The zero-order chi connectivity index (χ0) is 12.2. The summed E-state index contributed by atoms with van der Waals surface area (Å²) in [5, 5.41) is 0.617. The molecule has 0 aliphatic carbocycles. The largest absolute Gasteiger partial charge is 1.00 e. The molecule has 90 valence electrons. The molecule has 17 heavy (non-hydrogen) atoms. The Balaban J connectivity index is 0.00000256. The zero-order valence-corrected chi connectivity index (χ0v) is 13.8. The van der Waals surface area contributed by atoms with E-state index in [0.717, 1.165) is 11.3 Å². The molecule has 0 unspecified atom stereocenters. The first kappa shape index (κ1) is 17.3. The van der Waals surface area contributed by atoms with Gasteiger partial charge in [-0.25, -0.2) is 18.4 Å². The van der Waals surface area contributed by atoms with Crippen molar-refractivity contribution < 1.29 is 42.5 Å². The third kappa shape index (κ3) is 7.38. The summed E-state index contributed by atoms with van der Waals surface area (Å²) in [6.45, 7) is 3.82. The van der Waals surface area contributed by atoms with Gasteiger partial charge >= 0.3 is 29.6 Å². The van der Waals surface area contributed by atoms with Crippen LogP contribution in [0.5, 0.6) is 0 Å². The second kappa shape index (κ2) is 7.70. The standard InChI is InChI=1S/C9H14N2O3S2.Na/c1-7-6-10-9(11-8(7)2)15-4-3-5-16(12,13)14;/h6H,3-5H2,1-2H3,(H,12,13,14);/q;+1/p-1. The van der Waals surface area contributed by atoms with Crippen molar-refractivity contribution in [3.8, 4) is 0 Å². The molecule has 0 amide bonds. The Labute approximate surface area is 128 Å². The van der Waals surface area contributed by atoms with Crippen LogP contribution in [0.4, 0.5) is 0 Å². The van der Waals surface area contributed by atoms with Crippen molar-refractivity contribution in [1.82, 2.24) is 9.97 Å². The van der Waals surface area contributed by atoms with Crippen LogP contribution in [-0.2, 0) is 10.1 Å². The van der Waals surface area contributed by atoms with Crippen molar-refractivity contribution in [2.75, 3.05) is 11.5 Å². The molecule has 0 bridgehead atoms.